The number of hydrogen-bond acceptors (Lipinski definition) is 4. The molecule has 0 saturated heterocycles. The van der Waals surface area contributed by atoms with Gasteiger partial charge in [-0.3, -0.25) is 13.9 Å². The number of rotatable bonds is 11. The van der Waals surface area contributed by atoms with Gasteiger partial charge in [-0.15, -0.1) is 0 Å². The van der Waals surface area contributed by atoms with Crippen LogP contribution in [-0.4, -0.2) is 43.3 Å². The smallest absolute Gasteiger partial charge is 0.264 e. The molecule has 1 N–H and O–H groups in total. The Morgan fingerprint density at radius 1 is 0.848 bits per heavy atom. The Balaban J connectivity index is 1.86. The molecule has 4 aromatic rings. The fourth-order valence-corrected chi connectivity index (χ4v) is 7.13. The first-order valence-electron chi connectivity index (χ1n) is 14.9. The average Bonchev–Trinajstić information content (AvgIpc) is 2.99. The van der Waals surface area contributed by atoms with Crippen molar-refractivity contribution < 1.29 is 18.0 Å². The number of nitrogens with one attached hydrogen (secondary N) is 1. The summed E-state index contributed by atoms with van der Waals surface area (Å²) in [5, 5.41) is 3.77. The number of anilines is 1. The Kier molecular flexibility index (Phi) is 11.2. The first kappa shape index (κ1) is 35.0. The predicted octanol–water partition coefficient (Wildman–Crippen LogP) is 7.36. The fraction of sp³-hybridized carbons (Fsp3) is 0.278. The third kappa shape index (κ3) is 8.90. The summed E-state index contributed by atoms with van der Waals surface area (Å²) >= 11 is 12.8. The minimum atomic E-state index is -4.20. The second-order valence-electron chi connectivity index (χ2n) is 12.3. The van der Waals surface area contributed by atoms with E-state index in [0.29, 0.717) is 26.9 Å². The number of benzene rings is 4. The largest absolute Gasteiger partial charge is 0.350 e. The molecule has 7 nitrogen and oxygen atoms in total. The highest BCUT2D eigenvalue weighted by Gasteiger charge is 2.36. The van der Waals surface area contributed by atoms with Crippen LogP contribution in [0.25, 0.3) is 0 Å². The predicted molar refractivity (Wildman–Crippen MR) is 186 cm³/mol. The van der Waals surface area contributed by atoms with Gasteiger partial charge in [-0.25, -0.2) is 8.42 Å². The summed E-state index contributed by atoms with van der Waals surface area (Å²) in [7, 11) is -4.20. The SMILES string of the molecule is Cc1ccc(N(CC(=O)N(Cc2ccc(Cl)cc2Cl)[C@@H](Cc2ccccc2)C(=O)NC(C)(C)C)S(=O)(=O)c2ccccc2)c(C)c1. The molecular weight excluding hydrogens is 641 g/mol. The minimum absolute atomic E-state index is 0.0429. The lowest BCUT2D eigenvalue weighted by Crippen LogP contribution is -2.56. The molecule has 10 heteroatoms. The Bertz CT molecular complexity index is 1790. The molecule has 4 aromatic carbocycles. The third-order valence-corrected chi connectivity index (χ3v) is 9.72. The molecule has 0 spiro atoms. The Labute approximate surface area is 282 Å². The van der Waals surface area contributed by atoms with Crippen LogP contribution in [0, 0.1) is 13.8 Å². The van der Waals surface area contributed by atoms with Crippen molar-refractivity contribution >= 4 is 50.7 Å². The second-order valence-corrected chi connectivity index (χ2v) is 15.0. The van der Waals surface area contributed by atoms with E-state index in [1.54, 1.807) is 55.5 Å². The fourth-order valence-electron chi connectivity index (χ4n) is 5.16. The molecule has 4 rings (SSSR count). The number of carbonyl (C=O) groups is 2. The molecule has 1 atom stereocenters. The Morgan fingerprint density at radius 3 is 2.07 bits per heavy atom. The quantitative estimate of drug-likeness (QED) is 0.179. The maximum Gasteiger partial charge on any atom is 0.264 e. The zero-order chi connectivity index (χ0) is 33.6. The van der Waals surface area contributed by atoms with Crippen molar-refractivity contribution in [3.05, 3.63) is 129 Å². The molecule has 0 saturated carbocycles. The molecule has 0 fully saturated rings. The molecule has 0 radical (unpaired) electrons. The lowest BCUT2D eigenvalue weighted by molar-refractivity contribution is -0.140. The van der Waals surface area contributed by atoms with Gasteiger partial charge < -0.3 is 10.2 Å². The zero-order valence-corrected chi connectivity index (χ0v) is 29.0. The molecule has 0 bridgehead atoms. The highest BCUT2D eigenvalue weighted by atomic mass is 35.5. The molecule has 0 aromatic heterocycles. The van der Waals surface area contributed by atoms with Gasteiger partial charge in [0.1, 0.15) is 12.6 Å². The van der Waals surface area contributed by atoms with E-state index in [9.17, 15) is 18.0 Å². The number of sulfonamides is 1. The normalized spacial score (nSPS) is 12.3. The van der Waals surface area contributed by atoms with E-state index in [-0.39, 0.29) is 23.8 Å². The van der Waals surface area contributed by atoms with Crippen LogP contribution in [0.4, 0.5) is 5.69 Å². The number of aryl methyl sites for hydroxylation is 2. The van der Waals surface area contributed by atoms with Crippen LogP contribution < -0.4 is 9.62 Å². The highest BCUT2D eigenvalue weighted by molar-refractivity contribution is 7.92. The molecule has 46 heavy (non-hydrogen) atoms. The summed E-state index contributed by atoms with van der Waals surface area (Å²) in [6, 6.07) is 26.7. The van der Waals surface area contributed by atoms with Crippen LogP contribution in [0.3, 0.4) is 0 Å². The topological polar surface area (TPSA) is 86.8 Å². The van der Waals surface area contributed by atoms with Gasteiger partial charge in [-0.05, 0) is 81.6 Å². The Hall–Kier alpha value is -3.85. The van der Waals surface area contributed by atoms with E-state index in [1.807, 2.05) is 64.1 Å². The maximum atomic E-state index is 14.6. The van der Waals surface area contributed by atoms with Crippen LogP contribution in [0.1, 0.15) is 43.0 Å². The van der Waals surface area contributed by atoms with Gasteiger partial charge in [0.2, 0.25) is 11.8 Å². The molecule has 0 aliphatic carbocycles. The molecule has 0 unspecified atom stereocenters. The monoisotopic (exact) mass is 679 g/mol. The van der Waals surface area contributed by atoms with Crippen molar-refractivity contribution in [2.24, 2.45) is 0 Å². The zero-order valence-electron chi connectivity index (χ0n) is 26.6. The molecule has 0 heterocycles. The molecule has 242 valence electrons. The molecule has 2 amide bonds. The summed E-state index contributed by atoms with van der Waals surface area (Å²) in [6.45, 7) is 8.69. The van der Waals surface area contributed by atoms with Crippen molar-refractivity contribution in [1.29, 1.82) is 0 Å². The molecule has 0 aliphatic heterocycles. The Morgan fingerprint density at radius 2 is 1.48 bits per heavy atom. The summed E-state index contributed by atoms with van der Waals surface area (Å²) in [6.07, 6.45) is 0.189. The average molecular weight is 681 g/mol. The van der Waals surface area contributed by atoms with E-state index in [4.69, 9.17) is 23.2 Å². The van der Waals surface area contributed by atoms with E-state index < -0.39 is 34.1 Å². The molecular formula is C36H39Cl2N3O4S. The van der Waals surface area contributed by atoms with Gasteiger partial charge in [0.05, 0.1) is 10.6 Å². The minimum Gasteiger partial charge on any atom is -0.350 e. The summed E-state index contributed by atoms with van der Waals surface area (Å²) in [5.74, 6) is -0.950. The maximum absolute atomic E-state index is 14.6. The van der Waals surface area contributed by atoms with Crippen LogP contribution in [0.5, 0.6) is 0 Å². The van der Waals surface area contributed by atoms with E-state index >= 15 is 0 Å². The number of carbonyl (C=O) groups excluding carboxylic acids is 2. The number of hydrogen-bond donors (Lipinski definition) is 1. The highest BCUT2D eigenvalue weighted by Crippen LogP contribution is 2.29. The van der Waals surface area contributed by atoms with Crippen LogP contribution >= 0.6 is 23.2 Å². The first-order chi connectivity index (χ1) is 21.7. The van der Waals surface area contributed by atoms with Crippen LogP contribution in [-0.2, 0) is 32.6 Å². The van der Waals surface area contributed by atoms with Gasteiger partial charge >= 0.3 is 0 Å². The van der Waals surface area contributed by atoms with Crippen molar-refractivity contribution in [3.8, 4) is 0 Å². The third-order valence-electron chi connectivity index (χ3n) is 7.36. The number of amides is 2. The number of nitrogens with zero attached hydrogens (tertiary/aromatic N) is 2. The van der Waals surface area contributed by atoms with Crippen molar-refractivity contribution in [3.63, 3.8) is 0 Å². The van der Waals surface area contributed by atoms with E-state index in [0.717, 1.165) is 15.4 Å². The van der Waals surface area contributed by atoms with Crippen molar-refractivity contribution in [2.45, 2.75) is 64.1 Å². The molecule has 0 aliphatic rings. The van der Waals surface area contributed by atoms with E-state index in [2.05, 4.69) is 5.32 Å². The van der Waals surface area contributed by atoms with Crippen molar-refractivity contribution in [1.82, 2.24) is 10.2 Å². The summed E-state index contributed by atoms with van der Waals surface area (Å²) < 4.78 is 29.5. The van der Waals surface area contributed by atoms with Gasteiger partial charge in [0.25, 0.3) is 10.0 Å². The number of halogens is 2. The first-order valence-corrected chi connectivity index (χ1v) is 17.1. The van der Waals surface area contributed by atoms with Crippen LogP contribution in [0.15, 0.2) is 102 Å². The lowest BCUT2D eigenvalue weighted by Gasteiger charge is -2.35. The second kappa shape index (κ2) is 14.7. The van der Waals surface area contributed by atoms with Crippen molar-refractivity contribution in [2.75, 3.05) is 10.8 Å². The lowest BCUT2D eigenvalue weighted by atomic mass is 10.0. The van der Waals surface area contributed by atoms with Gasteiger partial charge in [0, 0.05) is 28.5 Å². The van der Waals surface area contributed by atoms with Crippen LogP contribution in [0.2, 0.25) is 10.0 Å². The van der Waals surface area contributed by atoms with Gasteiger partial charge in [0.15, 0.2) is 0 Å². The van der Waals surface area contributed by atoms with Gasteiger partial charge in [-0.1, -0.05) is 95.5 Å². The summed E-state index contributed by atoms with van der Waals surface area (Å²) in [5.41, 5.74) is 2.80. The standard InChI is InChI=1S/C36H39Cl2N3O4S/c1-25-16-19-32(26(2)20-25)41(46(44,45)30-14-10-7-11-15-30)24-34(42)40(23-28-17-18-29(37)22-31(28)38)33(35(43)39-36(3,4)5)21-27-12-8-6-9-13-27/h6-20,22,33H,21,23-24H2,1-5H3,(H,39,43)/t33-/m0/s1. The summed E-state index contributed by atoms with van der Waals surface area (Å²) in [4.78, 5) is 30.1. The van der Waals surface area contributed by atoms with E-state index in [1.165, 1.54) is 17.0 Å². The van der Waals surface area contributed by atoms with Gasteiger partial charge in [-0.2, -0.15) is 0 Å².